The van der Waals surface area contributed by atoms with E-state index in [4.69, 9.17) is 6.58 Å². The molecule has 0 spiro atoms. The molecule has 0 saturated heterocycles. The average molecular weight is 624 g/mol. The Morgan fingerprint density at radius 1 is 1.10 bits per heavy atom. The Hall–Kier alpha value is -0.183. The number of benzene rings is 1. The van der Waals surface area contributed by atoms with Crippen LogP contribution in [0.25, 0.3) is 5.57 Å². The van der Waals surface area contributed by atoms with Gasteiger partial charge in [-0.3, -0.25) is 0 Å². The summed E-state index contributed by atoms with van der Waals surface area (Å²) in [5.41, 5.74) is 2.28. The van der Waals surface area contributed by atoms with E-state index < -0.39 is 0 Å². The van der Waals surface area contributed by atoms with Gasteiger partial charge in [0, 0.05) is 0 Å². The monoisotopic (exact) mass is 624 g/mol. The second kappa shape index (κ2) is 32.0. The molecule has 2 heteroatoms. The van der Waals surface area contributed by atoms with Crippen molar-refractivity contribution in [1.82, 2.24) is 0 Å². The minimum absolute atomic E-state index is 0. The van der Waals surface area contributed by atoms with Crippen LogP contribution in [0.2, 0.25) is 0 Å². The van der Waals surface area contributed by atoms with Gasteiger partial charge in [0.05, 0.1) is 0 Å². The van der Waals surface area contributed by atoms with Gasteiger partial charge in [0.25, 0.3) is 0 Å². The molecule has 0 amide bonds. The first kappa shape index (κ1) is 32.7. The number of hydrogen-bond acceptors (Lipinski definition) is 0. The fourth-order valence-corrected chi connectivity index (χ4v) is 0.857. The molecule has 0 nitrogen and oxygen atoms in total. The third kappa shape index (κ3) is 25.1. The smallest absolute Gasteiger partial charge is 0.394 e. The van der Waals surface area contributed by atoms with Crippen molar-refractivity contribution in [3.63, 3.8) is 0 Å². The average Bonchev–Trinajstić information content (AvgIpc) is 2.53. The quantitative estimate of drug-likeness (QED) is 0.275. The molecule has 0 atom stereocenters. The maximum absolute atomic E-state index is 4.90. The van der Waals surface area contributed by atoms with Crippen LogP contribution < -0.4 is 0 Å². The number of rotatable bonds is 2. The standard InChI is InChI=1S/C10H10.C5H6.2C2H6.2W/c1-3-9(2)10-7-5-4-6-8-10;1-3-5-4-2;2*1-2;;/h4-7H,1-2H3;1,3,5H,2H3;2*1-2H3;;/q2*-2;;;2*+2. The van der Waals surface area contributed by atoms with Gasteiger partial charge in [0.1, 0.15) is 0 Å². The van der Waals surface area contributed by atoms with Crippen LogP contribution in [0.15, 0.2) is 36.4 Å². The van der Waals surface area contributed by atoms with Gasteiger partial charge >= 0.3 is 42.1 Å². The van der Waals surface area contributed by atoms with Crippen molar-refractivity contribution < 1.29 is 42.1 Å². The summed E-state index contributed by atoms with van der Waals surface area (Å²) in [5.74, 6) is 0. The van der Waals surface area contributed by atoms with Gasteiger partial charge in [-0.2, -0.15) is 12.1 Å². The molecule has 0 bridgehead atoms. The van der Waals surface area contributed by atoms with E-state index in [0.29, 0.717) is 0 Å². The molecule has 21 heavy (non-hydrogen) atoms. The van der Waals surface area contributed by atoms with Crippen LogP contribution in [0.3, 0.4) is 0 Å². The van der Waals surface area contributed by atoms with E-state index in [1.807, 2.05) is 65.8 Å². The largest absolute Gasteiger partial charge is 2.00 e. The summed E-state index contributed by atoms with van der Waals surface area (Å²) in [6.45, 7) is 18.6. The van der Waals surface area contributed by atoms with Gasteiger partial charge < -0.3 is 42.0 Å². The van der Waals surface area contributed by atoms with Crippen molar-refractivity contribution in [2.45, 2.75) is 48.5 Å². The second-order valence-corrected chi connectivity index (χ2v) is 2.80. The molecule has 1 aromatic carbocycles. The molecule has 0 aromatic heterocycles. The van der Waals surface area contributed by atoms with Gasteiger partial charge in [0.15, 0.2) is 0 Å². The SMILES string of the molecule is CC.CC.C[C-]=C(C)c1[c-]cccc1.[CH-]=CC=[C-]C.[W+2].[W+2]. The predicted molar refractivity (Wildman–Crippen MR) is 88.3 cm³/mol. The van der Waals surface area contributed by atoms with Crippen molar-refractivity contribution in [3.8, 4) is 0 Å². The summed E-state index contributed by atoms with van der Waals surface area (Å²) >= 11 is 0. The zero-order valence-corrected chi connectivity index (χ0v) is 20.2. The van der Waals surface area contributed by atoms with Crippen molar-refractivity contribution in [3.05, 3.63) is 66.8 Å². The van der Waals surface area contributed by atoms with Crippen LogP contribution in [-0.4, -0.2) is 0 Å². The third-order valence-corrected chi connectivity index (χ3v) is 1.75. The summed E-state index contributed by atoms with van der Waals surface area (Å²) in [6, 6.07) is 11.0. The Labute approximate surface area is 162 Å². The van der Waals surface area contributed by atoms with E-state index in [-0.39, 0.29) is 42.1 Å². The Bertz CT molecular complexity index is 325. The molecule has 116 valence electrons. The minimum atomic E-state index is 0. The van der Waals surface area contributed by atoms with Gasteiger partial charge in [-0.15, -0.1) is 26.8 Å². The zero-order chi connectivity index (χ0) is 15.5. The first-order chi connectivity index (χ1) is 9.26. The molecule has 0 radical (unpaired) electrons. The predicted octanol–water partition coefficient (Wildman–Crippen LogP) is 6.12. The van der Waals surface area contributed by atoms with Crippen LogP contribution in [-0.2, 0) is 42.1 Å². The van der Waals surface area contributed by atoms with E-state index in [9.17, 15) is 0 Å². The van der Waals surface area contributed by atoms with Gasteiger partial charge in [-0.1, -0.05) is 27.7 Å². The van der Waals surface area contributed by atoms with E-state index in [1.54, 1.807) is 13.0 Å². The summed E-state index contributed by atoms with van der Waals surface area (Å²) in [7, 11) is 0. The molecule has 0 aliphatic carbocycles. The van der Waals surface area contributed by atoms with E-state index in [1.165, 1.54) is 6.08 Å². The van der Waals surface area contributed by atoms with Crippen molar-refractivity contribution in [1.29, 1.82) is 0 Å². The van der Waals surface area contributed by atoms with Crippen LogP contribution in [0.4, 0.5) is 0 Å². The van der Waals surface area contributed by atoms with Crippen LogP contribution in [0.5, 0.6) is 0 Å². The molecular formula is C19H28W2. The molecule has 1 rings (SSSR count). The first-order valence-electron chi connectivity index (χ1n) is 6.78. The Kier molecular flexibility index (Phi) is 49.7. The van der Waals surface area contributed by atoms with Crippen LogP contribution in [0, 0.1) is 24.8 Å². The van der Waals surface area contributed by atoms with Crippen LogP contribution in [0.1, 0.15) is 54.0 Å². The van der Waals surface area contributed by atoms with Crippen LogP contribution >= 0.6 is 0 Å². The normalized spacial score (nSPS) is 8.24. The third-order valence-electron chi connectivity index (χ3n) is 1.75. The number of allylic oxidation sites excluding steroid dienone is 5. The maximum atomic E-state index is 4.90. The molecule has 0 heterocycles. The molecule has 0 saturated carbocycles. The zero-order valence-electron chi connectivity index (χ0n) is 14.4. The molecule has 0 unspecified atom stereocenters. The van der Waals surface area contributed by atoms with Gasteiger partial charge in [0.2, 0.25) is 0 Å². The van der Waals surface area contributed by atoms with E-state index in [0.717, 1.165) is 11.1 Å². The van der Waals surface area contributed by atoms with Crippen molar-refractivity contribution >= 4 is 5.57 Å². The van der Waals surface area contributed by atoms with Crippen molar-refractivity contribution in [2.75, 3.05) is 0 Å². The first-order valence-corrected chi connectivity index (χ1v) is 6.78. The molecular weight excluding hydrogens is 596 g/mol. The fourth-order valence-electron chi connectivity index (χ4n) is 0.857. The Morgan fingerprint density at radius 3 is 1.86 bits per heavy atom. The summed E-state index contributed by atoms with van der Waals surface area (Å²) < 4.78 is 0. The summed E-state index contributed by atoms with van der Waals surface area (Å²) in [6.07, 6.45) is 8.88. The number of hydrogen-bond donors (Lipinski definition) is 0. The summed E-state index contributed by atoms with van der Waals surface area (Å²) in [5, 5.41) is 0. The molecule has 0 N–H and O–H groups in total. The fraction of sp³-hybridized carbons (Fsp3) is 0.368. The minimum Gasteiger partial charge on any atom is -0.394 e. The molecule has 1 aromatic rings. The van der Waals surface area contributed by atoms with E-state index in [2.05, 4.69) is 18.2 Å². The maximum Gasteiger partial charge on any atom is 2.00 e. The molecule has 0 aliphatic heterocycles. The van der Waals surface area contributed by atoms with Crippen molar-refractivity contribution in [2.24, 2.45) is 0 Å². The van der Waals surface area contributed by atoms with Gasteiger partial charge in [-0.25, -0.2) is 12.1 Å². The Morgan fingerprint density at radius 2 is 1.62 bits per heavy atom. The van der Waals surface area contributed by atoms with Gasteiger partial charge in [-0.05, 0) is 0 Å². The topological polar surface area (TPSA) is 0 Å². The second-order valence-electron chi connectivity index (χ2n) is 2.80. The Balaban J connectivity index is -0.0000000674. The van der Waals surface area contributed by atoms with E-state index >= 15 is 0 Å². The molecule has 0 fully saturated rings. The molecule has 0 aliphatic rings. The summed E-state index contributed by atoms with van der Waals surface area (Å²) in [4.78, 5) is 0.